The highest BCUT2D eigenvalue weighted by Gasteiger charge is 2.32. The van der Waals surface area contributed by atoms with E-state index in [1.165, 1.54) is 89.9 Å². The van der Waals surface area contributed by atoms with Gasteiger partial charge in [-0.25, -0.2) is 0 Å². The molecule has 0 aliphatic heterocycles. The van der Waals surface area contributed by atoms with Gasteiger partial charge in [0.1, 0.15) is 0 Å². The summed E-state index contributed by atoms with van der Waals surface area (Å²) in [6.07, 6.45) is 21.3. The maximum atomic E-state index is 13.1. The fourth-order valence-corrected chi connectivity index (χ4v) is 5.87. The third-order valence-electron chi connectivity index (χ3n) is 8.55. The molecule has 0 bridgehead atoms. The molecule has 0 aromatic heterocycles. The van der Waals surface area contributed by atoms with Crippen molar-refractivity contribution < 1.29 is 19.1 Å². The molecule has 0 heterocycles. The van der Waals surface area contributed by atoms with Crippen LogP contribution in [0.25, 0.3) is 0 Å². The van der Waals surface area contributed by atoms with Gasteiger partial charge in [0.05, 0.1) is 13.0 Å². The molecule has 3 rings (SSSR count). The number of ether oxygens (including phenoxy) is 1. The van der Waals surface area contributed by atoms with E-state index in [4.69, 9.17) is 4.74 Å². The van der Waals surface area contributed by atoms with Crippen molar-refractivity contribution in [3.8, 4) is 0 Å². The number of fused-ring (bicyclic) bond motifs is 2. The van der Waals surface area contributed by atoms with Crippen molar-refractivity contribution in [2.24, 2.45) is 0 Å². The fourth-order valence-electron chi connectivity index (χ4n) is 5.87. The molecule has 41 heavy (non-hydrogen) atoms. The molecule has 1 aliphatic rings. The first kappa shape index (κ1) is 32.8. The molecule has 1 aliphatic carbocycles. The van der Waals surface area contributed by atoms with E-state index >= 15 is 0 Å². The monoisotopic (exact) mass is 560 g/mol. The first-order valence-corrected chi connectivity index (χ1v) is 16.3. The summed E-state index contributed by atoms with van der Waals surface area (Å²) in [5, 5.41) is 0. The van der Waals surface area contributed by atoms with E-state index < -0.39 is 5.41 Å². The normalized spacial score (nSPS) is 12.8. The van der Waals surface area contributed by atoms with Gasteiger partial charge in [-0.2, -0.15) is 0 Å². The molecule has 0 saturated heterocycles. The number of esters is 1. The summed E-state index contributed by atoms with van der Waals surface area (Å²) in [5.74, 6) is -0.488. The fraction of sp³-hybridized carbons (Fsp3) is 0.595. The number of hydrogen-bond donors (Lipinski definition) is 0. The number of ketones is 2. The van der Waals surface area contributed by atoms with Gasteiger partial charge in [0.25, 0.3) is 0 Å². The van der Waals surface area contributed by atoms with Gasteiger partial charge in [0.2, 0.25) is 0 Å². The Morgan fingerprint density at radius 1 is 0.610 bits per heavy atom. The standard InChI is InChI=1S/C37H52O4/c1-4-5-6-7-8-9-10-11-12-13-14-15-16-17-18-21-26-41-34(38)28-37(2,3)29-24-25-32-33(27-29)36(40)31-23-20-19-22-30(31)35(32)39/h19-20,22-25,27H,4-18,21,26,28H2,1-3H3. The van der Waals surface area contributed by atoms with E-state index in [1.807, 2.05) is 19.9 Å². The third-order valence-corrected chi connectivity index (χ3v) is 8.55. The van der Waals surface area contributed by atoms with Gasteiger partial charge in [-0.15, -0.1) is 0 Å². The Kier molecular flexibility index (Phi) is 13.8. The molecule has 224 valence electrons. The lowest BCUT2D eigenvalue weighted by Gasteiger charge is -2.26. The van der Waals surface area contributed by atoms with Crippen LogP contribution in [0.3, 0.4) is 0 Å². The highest BCUT2D eigenvalue weighted by molar-refractivity contribution is 6.28. The van der Waals surface area contributed by atoms with Gasteiger partial charge < -0.3 is 4.74 Å². The molecule has 0 atom stereocenters. The highest BCUT2D eigenvalue weighted by Crippen LogP contribution is 2.33. The van der Waals surface area contributed by atoms with Gasteiger partial charge in [-0.3, -0.25) is 14.4 Å². The van der Waals surface area contributed by atoms with Crippen LogP contribution in [0.1, 0.15) is 167 Å². The van der Waals surface area contributed by atoms with Crippen LogP contribution in [0.2, 0.25) is 0 Å². The molecule has 2 aromatic carbocycles. The largest absolute Gasteiger partial charge is 0.466 e. The van der Waals surface area contributed by atoms with Crippen LogP contribution in [-0.4, -0.2) is 24.1 Å². The Morgan fingerprint density at radius 2 is 1.05 bits per heavy atom. The smallest absolute Gasteiger partial charge is 0.306 e. The van der Waals surface area contributed by atoms with Gasteiger partial charge in [0.15, 0.2) is 11.6 Å². The van der Waals surface area contributed by atoms with E-state index in [9.17, 15) is 14.4 Å². The van der Waals surface area contributed by atoms with Gasteiger partial charge >= 0.3 is 5.97 Å². The first-order valence-electron chi connectivity index (χ1n) is 16.3. The molecule has 0 N–H and O–H groups in total. The number of rotatable bonds is 20. The van der Waals surface area contributed by atoms with Crippen molar-refractivity contribution in [2.75, 3.05) is 6.61 Å². The van der Waals surface area contributed by atoms with Gasteiger partial charge in [0, 0.05) is 27.7 Å². The van der Waals surface area contributed by atoms with Crippen LogP contribution in [0, 0.1) is 0 Å². The van der Waals surface area contributed by atoms with Crippen molar-refractivity contribution in [1.82, 2.24) is 0 Å². The summed E-state index contributed by atoms with van der Waals surface area (Å²) in [7, 11) is 0. The molecule has 0 spiro atoms. The van der Waals surface area contributed by atoms with Crippen molar-refractivity contribution in [2.45, 2.75) is 135 Å². The summed E-state index contributed by atoms with van der Waals surface area (Å²) in [6.45, 7) is 6.69. The van der Waals surface area contributed by atoms with Crippen molar-refractivity contribution in [3.63, 3.8) is 0 Å². The van der Waals surface area contributed by atoms with E-state index in [-0.39, 0.29) is 24.0 Å². The molecule has 0 unspecified atom stereocenters. The zero-order valence-corrected chi connectivity index (χ0v) is 25.9. The van der Waals surface area contributed by atoms with Crippen molar-refractivity contribution in [3.05, 3.63) is 70.3 Å². The van der Waals surface area contributed by atoms with Crippen LogP contribution < -0.4 is 0 Å². The minimum absolute atomic E-state index is 0.127. The minimum atomic E-state index is -0.513. The lowest BCUT2D eigenvalue weighted by molar-refractivity contribution is -0.145. The Bertz CT molecular complexity index is 1130. The second-order valence-corrected chi connectivity index (χ2v) is 12.5. The van der Waals surface area contributed by atoms with Crippen LogP contribution in [-0.2, 0) is 14.9 Å². The number of unbranched alkanes of at least 4 members (excludes halogenated alkanes) is 15. The van der Waals surface area contributed by atoms with Gasteiger partial charge in [-0.05, 0) is 24.1 Å². The molecule has 0 fully saturated rings. The Morgan fingerprint density at radius 3 is 1.56 bits per heavy atom. The lowest BCUT2D eigenvalue weighted by Crippen LogP contribution is -2.26. The van der Waals surface area contributed by atoms with E-state index in [1.54, 1.807) is 36.4 Å². The van der Waals surface area contributed by atoms with Crippen molar-refractivity contribution >= 4 is 17.5 Å². The third kappa shape index (κ3) is 10.2. The number of hydrogen-bond acceptors (Lipinski definition) is 4. The van der Waals surface area contributed by atoms with Crippen molar-refractivity contribution in [1.29, 1.82) is 0 Å². The Hall–Kier alpha value is -2.75. The molecule has 0 amide bonds. The van der Waals surface area contributed by atoms with Crippen LogP contribution in [0.15, 0.2) is 42.5 Å². The summed E-state index contributed by atoms with van der Waals surface area (Å²) in [4.78, 5) is 38.6. The van der Waals surface area contributed by atoms with Crippen LogP contribution in [0.5, 0.6) is 0 Å². The molecule has 0 saturated carbocycles. The lowest BCUT2D eigenvalue weighted by atomic mass is 9.77. The second kappa shape index (κ2) is 17.3. The molecule has 0 radical (unpaired) electrons. The summed E-state index contributed by atoms with van der Waals surface area (Å²) in [6, 6.07) is 12.3. The predicted molar refractivity (Wildman–Crippen MR) is 168 cm³/mol. The maximum absolute atomic E-state index is 13.1. The second-order valence-electron chi connectivity index (χ2n) is 12.5. The molecular weight excluding hydrogens is 508 g/mol. The average molecular weight is 561 g/mol. The quantitative estimate of drug-likeness (QED) is 0.102. The zero-order valence-electron chi connectivity index (χ0n) is 25.9. The van der Waals surface area contributed by atoms with E-state index in [0.29, 0.717) is 28.9 Å². The maximum Gasteiger partial charge on any atom is 0.306 e. The van der Waals surface area contributed by atoms with E-state index in [0.717, 1.165) is 18.4 Å². The minimum Gasteiger partial charge on any atom is -0.466 e. The SMILES string of the molecule is CCCCCCCCCCCCCCCCCCOC(=O)CC(C)(C)c1ccc2c(c1)C(=O)c1ccccc1C2=O. The first-order chi connectivity index (χ1) is 19.8. The number of carbonyl (C=O) groups excluding carboxylic acids is 3. The molecule has 4 heteroatoms. The van der Waals surface area contributed by atoms with Crippen LogP contribution >= 0.6 is 0 Å². The highest BCUT2D eigenvalue weighted by atomic mass is 16.5. The zero-order chi connectivity index (χ0) is 29.5. The van der Waals surface area contributed by atoms with Gasteiger partial charge in [-0.1, -0.05) is 147 Å². The number of benzene rings is 2. The molecule has 4 nitrogen and oxygen atoms in total. The molecule has 2 aromatic rings. The van der Waals surface area contributed by atoms with E-state index in [2.05, 4.69) is 6.92 Å². The topological polar surface area (TPSA) is 60.4 Å². The summed E-state index contributed by atoms with van der Waals surface area (Å²) in [5.41, 5.74) is 2.09. The summed E-state index contributed by atoms with van der Waals surface area (Å²) < 4.78 is 5.56. The Balaban J connectivity index is 1.26. The average Bonchev–Trinajstić information content (AvgIpc) is 2.97. The molecular formula is C37H52O4. The Labute approximate surface area is 248 Å². The summed E-state index contributed by atoms with van der Waals surface area (Å²) >= 11 is 0. The number of carbonyl (C=O) groups is 3. The van der Waals surface area contributed by atoms with Crippen LogP contribution in [0.4, 0.5) is 0 Å². The predicted octanol–water partition coefficient (Wildman–Crippen LogP) is 9.93.